The van der Waals surface area contributed by atoms with Gasteiger partial charge in [0, 0.05) is 34.6 Å². The number of rotatable bonds is 2. The van der Waals surface area contributed by atoms with Gasteiger partial charge in [0.25, 0.3) is 0 Å². The van der Waals surface area contributed by atoms with E-state index in [1.807, 2.05) is 24.5 Å². The molecule has 0 fully saturated rings. The average molecular weight is 317 g/mol. The second-order valence-electron chi connectivity index (χ2n) is 5.05. The van der Waals surface area contributed by atoms with Crippen LogP contribution in [0.3, 0.4) is 0 Å². The fraction of sp³-hybridized carbons (Fsp3) is 0.200. The number of pyridine rings is 1. The smallest absolute Gasteiger partial charge is 0.155 e. The van der Waals surface area contributed by atoms with Crippen molar-refractivity contribution in [3.8, 4) is 0 Å². The van der Waals surface area contributed by atoms with E-state index in [-0.39, 0.29) is 0 Å². The molecule has 0 amide bonds. The predicted molar refractivity (Wildman–Crippen MR) is 85.3 cm³/mol. The highest BCUT2D eigenvalue weighted by Gasteiger charge is 2.20. The fourth-order valence-corrected chi connectivity index (χ4v) is 3.72. The fourth-order valence-electron chi connectivity index (χ4n) is 2.65. The summed E-state index contributed by atoms with van der Waals surface area (Å²) in [6.45, 7) is 1.92. The quantitative estimate of drug-likeness (QED) is 0.733. The Labute approximate surface area is 131 Å². The third-order valence-electron chi connectivity index (χ3n) is 3.69. The summed E-state index contributed by atoms with van der Waals surface area (Å²) in [6.07, 6.45) is 4.86. The Morgan fingerprint density at radius 2 is 2.05 bits per heavy atom. The van der Waals surface area contributed by atoms with E-state index in [0.717, 1.165) is 35.6 Å². The van der Waals surface area contributed by atoms with E-state index in [9.17, 15) is 0 Å². The maximum absolute atomic E-state index is 5.93. The maximum Gasteiger partial charge on any atom is 0.155 e. The number of aromatic nitrogens is 3. The van der Waals surface area contributed by atoms with Crippen molar-refractivity contribution in [3.63, 3.8) is 0 Å². The number of benzene rings is 1. The molecule has 0 radical (unpaired) electrons. The summed E-state index contributed by atoms with van der Waals surface area (Å²) < 4.78 is 2.36. The summed E-state index contributed by atoms with van der Waals surface area (Å²) in [6, 6.07) is 7.97. The Morgan fingerprint density at radius 3 is 2.90 bits per heavy atom. The van der Waals surface area contributed by atoms with Gasteiger partial charge in [-0.1, -0.05) is 11.6 Å². The minimum atomic E-state index is 0.773. The number of nitrogens with zero attached hydrogens (tertiary/aromatic N) is 3. The van der Waals surface area contributed by atoms with Gasteiger partial charge in [-0.25, -0.2) is 9.29 Å². The highest BCUT2D eigenvalue weighted by Crippen LogP contribution is 2.31. The molecular weight excluding hydrogens is 304 g/mol. The van der Waals surface area contributed by atoms with Crippen molar-refractivity contribution in [3.05, 3.63) is 52.8 Å². The van der Waals surface area contributed by atoms with Gasteiger partial charge in [0.05, 0.1) is 6.20 Å². The first-order valence-electron chi connectivity index (χ1n) is 6.78. The molecule has 4 nitrogen and oxygen atoms in total. The van der Waals surface area contributed by atoms with Crippen molar-refractivity contribution in [1.82, 2.24) is 19.5 Å². The summed E-state index contributed by atoms with van der Waals surface area (Å²) in [7, 11) is 0. The third kappa shape index (κ3) is 2.52. The van der Waals surface area contributed by atoms with Gasteiger partial charge < -0.3 is 0 Å². The van der Waals surface area contributed by atoms with Crippen molar-refractivity contribution in [2.75, 3.05) is 6.54 Å². The zero-order valence-electron chi connectivity index (χ0n) is 11.2. The van der Waals surface area contributed by atoms with Gasteiger partial charge in [0.15, 0.2) is 5.65 Å². The van der Waals surface area contributed by atoms with Crippen molar-refractivity contribution < 1.29 is 0 Å². The molecule has 1 N–H and O–H groups in total. The Hall–Kier alpha value is -1.56. The van der Waals surface area contributed by atoms with Crippen LogP contribution >= 0.6 is 23.5 Å². The lowest BCUT2D eigenvalue weighted by atomic mass is 10.0. The molecule has 0 aliphatic carbocycles. The molecule has 0 unspecified atom stereocenters. The van der Waals surface area contributed by atoms with Crippen LogP contribution in [0.15, 0.2) is 41.6 Å². The summed E-state index contributed by atoms with van der Waals surface area (Å²) in [4.78, 5) is 5.64. The normalized spacial score (nSPS) is 15.3. The molecule has 0 saturated carbocycles. The molecule has 0 spiro atoms. The summed E-state index contributed by atoms with van der Waals surface area (Å²) >= 11 is 7.69. The number of hydrogen-bond acceptors (Lipinski definition) is 4. The van der Waals surface area contributed by atoms with Gasteiger partial charge >= 0.3 is 0 Å². The van der Waals surface area contributed by atoms with Crippen LogP contribution < -0.4 is 0 Å². The molecule has 106 valence electrons. The monoisotopic (exact) mass is 316 g/mol. The SMILES string of the molecule is Clc1ccc(SN2CCc3c(cnc4[nH]ncc34)C2)cc1. The molecular formula is C15H13ClN4S. The number of halogens is 1. The summed E-state index contributed by atoms with van der Waals surface area (Å²) in [5, 5.41) is 8.95. The largest absolute Gasteiger partial charge is 0.261 e. The lowest BCUT2D eigenvalue weighted by molar-refractivity contribution is 0.445. The average Bonchev–Trinajstić information content (AvgIpc) is 2.98. The van der Waals surface area contributed by atoms with E-state index in [4.69, 9.17) is 11.6 Å². The van der Waals surface area contributed by atoms with Crippen LogP contribution in [0.5, 0.6) is 0 Å². The molecule has 21 heavy (non-hydrogen) atoms. The zero-order valence-corrected chi connectivity index (χ0v) is 12.8. The lowest BCUT2D eigenvalue weighted by Gasteiger charge is -2.27. The van der Waals surface area contributed by atoms with Crippen LogP contribution in [0.4, 0.5) is 0 Å². The first-order chi connectivity index (χ1) is 10.3. The van der Waals surface area contributed by atoms with E-state index in [1.54, 1.807) is 11.9 Å². The highest BCUT2D eigenvalue weighted by atomic mass is 35.5. The van der Waals surface area contributed by atoms with Crippen LogP contribution in [0.2, 0.25) is 5.02 Å². The molecule has 2 aromatic heterocycles. The molecule has 1 aliphatic rings. The van der Waals surface area contributed by atoms with Crippen LogP contribution in [0.1, 0.15) is 11.1 Å². The summed E-state index contributed by atoms with van der Waals surface area (Å²) in [5.41, 5.74) is 3.55. The number of nitrogens with one attached hydrogen (secondary N) is 1. The topological polar surface area (TPSA) is 44.8 Å². The van der Waals surface area contributed by atoms with Gasteiger partial charge in [-0.2, -0.15) is 5.10 Å². The predicted octanol–water partition coefficient (Wildman–Crippen LogP) is 3.68. The van der Waals surface area contributed by atoms with Crippen molar-refractivity contribution in [2.24, 2.45) is 0 Å². The molecule has 6 heteroatoms. The van der Waals surface area contributed by atoms with Crippen LogP contribution in [-0.2, 0) is 13.0 Å². The van der Waals surface area contributed by atoms with Crippen molar-refractivity contribution >= 4 is 34.6 Å². The van der Waals surface area contributed by atoms with Gasteiger partial charge in [-0.3, -0.25) is 5.10 Å². The molecule has 3 heterocycles. The molecule has 1 aromatic carbocycles. The van der Waals surface area contributed by atoms with Crippen molar-refractivity contribution in [1.29, 1.82) is 0 Å². The van der Waals surface area contributed by atoms with Gasteiger partial charge in [-0.15, -0.1) is 0 Å². The van der Waals surface area contributed by atoms with Crippen molar-refractivity contribution in [2.45, 2.75) is 17.9 Å². The Morgan fingerprint density at radius 1 is 1.19 bits per heavy atom. The van der Waals surface area contributed by atoms with Crippen LogP contribution in [-0.4, -0.2) is 26.0 Å². The molecule has 0 bridgehead atoms. The minimum Gasteiger partial charge on any atom is -0.261 e. The first-order valence-corrected chi connectivity index (χ1v) is 7.93. The Bertz CT molecular complexity index is 784. The van der Waals surface area contributed by atoms with Gasteiger partial charge in [-0.05, 0) is 53.8 Å². The van der Waals surface area contributed by atoms with E-state index in [0.29, 0.717) is 0 Å². The van der Waals surface area contributed by atoms with Crippen LogP contribution in [0.25, 0.3) is 11.0 Å². The Kier molecular flexibility index (Phi) is 3.33. The number of aromatic amines is 1. The molecule has 0 atom stereocenters. The van der Waals surface area contributed by atoms with E-state index >= 15 is 0 Å². The van der Waals surface area contributed by atoms with E-state index < -0.39 is 0 Å². The van der Waals surface area contributed by atoms with E-state index in [1.165, 1.54) is 16.0 Å². The molecule has 0 saturated heterocycles. The van der Waals surface area contributed by atoms with Crippen LogP contribution in [0, 0.1) is 0 Å². The van der Waals surface area contributed by atoms with E-state index in [2.05, 4.69) is 31.6 Å². The Balaban J connectivity index is 1.57. The third-order valence-corrected chi connectivity index (χ3v) is 4.99. The molecule has 3 aromatic rings. The standard InChI is InChI=1S/C15H13ClN4S/c16-11-1-3-12(4-2-11)21-20-6-5-13-10(9-20)7-17-15-14(13)8-18-19-15/h1-4,7-8H,5-6,9H2,(H,17,18,19). The number of H-pyrrole nitrogens is 1. The lowest BCUT2D eigenvalue weighted by Crippen LogP contribution is -2.24. The zero-order chi connectivity index (χ0) is 14.2. The number of hydrogen-bond donors (Lipinski definition) is 1. The number of fused-ring (bicyclic) bond motifs is 3. The molecule has 1 aliphatic heterocycles. The minimum absolute atomic E-state index is 0.773. The maximum atomic E-state index is 5.93. The second kappa shape index (κ2) is 5.33. The van der Waals surface area contributed by atoms with Gasteiger partial charge in [0.1, 0.15) is 0 Å². The first kappa shape index (κ1) is 13.1. The second-order valence-corrected chi connectivity index (χ2v) is 6.66. The highest BCUT2D eigenvalue weighted by molar-refractivity contribution is 7.97. The van der Waals surface area contributed by atoms with Gasteiger partial charge in [0.2, 0.25) is 0 Å². The summed E-state index contributed by atoms with van der Waals surface area (Å²) in [5.74, 6) is 0. The molecule has 4 rings (SSSR count).